The monoisotopic (exact) mass is 318 g/mol. The Morgan fingerprint density at radius 3 is 2.43 bits per heavy atom. The van der Waals surface area contributed by atoms with Crippen molar-refractivity contribution in [2.45, 2.75) is 56.0 Å². The summed E-state index contributed by atoms with van der Waals surface area (Å²) in [5.74, 6) is 1.03. The first kappa shape index (κ1) is 14.1. The molecule has 23 heavy (non-hydrogen) atoms. The van der Waals surface area contributed by atoms with E-state index in [0.29, 0.717) is 0 Å². The molecule has 1 aromatic rings. The molecule has 6 nitrogen and oxygen atoms in total. The van der Waals surface area contributed by atoms with E-state index < -0.39 is 17.7 Å². The number of hydrogen-bond acceptors (Lipinski definition) is 6. The Balaban J connectivity index is 1.39. The number of benzene rings is 1. The van der Waals surface area contributed by atoms with Crippen molar-refractivity contribution in [1.29, 1.82) is 0 Å². The third-order valence-electron chi connectivity index (χ3n) is 5.12. The molecule has 122 valence electrons. The van der Waals surface area contributed by atoms with Crippen LogP contribution in [0.2, 0.25) is 5.82 Å². The molecule has 0 bridgehead atoms. The molecule has 1 spiro atoms. The van der Waals surface area contributed by atoms with Crippen molar-refractivity contribution in [3.05, 3.63) is 24.3 Å². The van der Waals surface area contributed by atoms with Crippen molar-refractivity contribution < 1.29 is 28.3 Å². The van der Waals surface area contributed by atoms with E-state index in [1.807, 2.05) is 38.1 Å². The maximum atomic E-state index is 6.16. The lowest BCUT2D eigenvalue weighted by Crippen LogP contribution is -2.37. The lowest BCUT2D eigenvalue weighted by atomic mass is 9.79. The summed E-state index contributed by atoms with van der Waals surface area (Å²) in [7, 11) is 1.28. The van der Waals surface area contributed by atoms with Gasteiger partial charge in [0.2, 0.25) is 0 Å². The summed E-state index contributed by atoms with van der Waals surface area (Å²) in [6, 6.07) is 7.71. The molecule has 4 aliphatic rings. The quantitative estimate of drug-likeness (QED) is 0.777. The van der Waals surface area contributed by atoms with Crippen LogP contribution in [0, 0.1) is 0 Å². The van der Waals surface area contributed by atoms with Gasteiger partial charge >= 0.3 is 7.12 Å². The van der Waals surface area contributed by atoms with Gasteiger partial charge in [0.25, 0.3) is 0 Å². The zero-order valence-corrected chi connectivity index (χ0v) is 13.4. The van der Waals surface area contributed by atoms with Crippen molar-refractivity contribution in [2.24, 2.45) is 0 Å². The van der Waals surface area contributed by atoms with Crippen LogP contribution in [0.3, 0.4) is 0 Å². The zero-order chi connectivity index (χ0) is 15.8. The number of hydrogen-bond donors (Lipinski definition) is 0. The Hall–Kier alpha value is -1.28. The van der Waals surface area contributed by atoms with Crippen LogP contribution >= 0.6 is 0 Å². The molecule has 7 heteroatoms. The van der Waals surface area contributed by atoms with Gasteiger partial charge in [0.05, 0.1) is 5.82 Å². The first-order chi connectivity index (χ1) is 11.0. The summed E-state index contributed by atoms with van der Waals surface area (Å²) in [5, 5.41) is 0. The second-order valence-electron chi connectivity index (χ2n) is 7.06. The molecule has 0 amide bonds. The topological polar surface area (TPSA) is 55.4 Å². The number of para-hydroxylation sites is 2. The largest absolute Gasteiger partial charge is 0.601 e. The molecule has 0 N–H and O–H groups in total. The summed E-state index contributed by atoms with van der Waals surface area (Å²) in [6.45, 7) is 3.84. The highest BCUT2D eigenvalue weighted by Crippen LogP contribution is 2.65. The number of ether oxygens (including phenoxy) is 4. The van der Waals surface area contributed by atoms with Crippen LogP contribution in [-0.4, -0.2) is 44.1 Å². The third-order valence-corrected chi connectivity index (χ3v) is 5.12. The van der Waals surface area contributed by atoms with Gasteiger partial charge in [-0.15, -0.1) is 0 Å². The summed E-state index contributed by atoms with van der Waals surface area (Å²) in [6.07, 6.45) is 0.00857. The highest BCUT2D eigenvalue weighted by atomic mass is 16.8. The smallest absolute Gasteiger partial charge is 0.523 e. The van der Waals surface area contributed by atoms with Gasteiger partial charge in [0.15, 0.2) is 12.1 Å². The highest BCUT2D eigenvalue weighted by molar-refractivity contribution is 6.51. The van der Waals surface area contributed by atoms with Gasteiger partial charge in [0.1, 0.15) is 29.3 Å². The average Bonchev–Trinajstić information content (AvgIpc) is 2.80. The lowest BCUT2D eigenvalue weighted by molar-refractivity contribution is -0.232. The molecule has 1 saturated carbocycles. The van der Waals surface area contributed by atoms with Crippen molar-refractivity contribution in [3.8, 4) is 11.5 Å². The van der Waals surface area contributed by atoms with Gasteiger partial charge in [-0.05, 0) is 32.4 Å². The number of fused-ring (bicyclic) bond motifs is 3. The van der Waals surface area contributed by atoms with Gasteiger partial charge in [0, 0.05) is 7.11 Å². The van der Waals surface area contributed by atoms with E-state index in [2.05, 4.69) is 0 Å². The summed E-state index contributed by atoms with van der Waals surface area (Å²) >= 11 is 0. The Kier molecular flexibility index (Phi) is 2.71. The molecule has 1 aromatic carbocycles. The molecular weight excluding hydrogens is 299 g/mol. The second-order valence-corrected chi connectivity index (χ2v) is 7.06. The van der Waals surface area contributed by atoms with Crippen LogP contribution in [0.5, 0.6) is 11.5 Å². The minimum atomic E-state index is -0.629. The molecule has 3 aliphatic heterocycles. The molecular formula is C16H19BO6. The van der Waals surface area contributed by atoms with E-state index in [1.165, 1.54) is 0 Å². The Labute approximate surface area is 135 Å². The standard InChI is InChI=1S/C16H19BO6/c1-15(2)19-12-13(20-15)16(21-14(12)18-3)8-11(16)17-22-9-6-4-5-7-10(9)23-17/h4-7,11-14H,8H2,1-3H3/t11-,12-,13?,14+,16+/m0/s1. The highest BCUT2D eigenvalue weighted by Gasteiger charge is 2.78. The van der Waals surface area contributed by atoms with Gasteiger partial charge in [-0.2, -0.15) is 0 Å². The molecule has 3 heterocycles. The fourth-order valence-electron chi connectivity index (χ4n) is 4.06. The number of methoxy groups -OCH3 is 1. The van der Waals surface area contributed by atoms with Crippen molar-refractivity contribution >= 4 is 7.12 Å². The zero-order valence-electron chi connectivity index (χ0n) is 13.4. The van der Waals surface area contributed by atoms with E-state index in [1.54, 1.807) is 7.11 Å². The third kappa shape index (κ3) is 1.91. The van der Waals surface area contributed by atoms with Gasteiger partial charge in [-0.1, -0.05) is 12.1 Å². The average molecular weight is 318 g/mol. The van der Waals surface area contributed by atoms with Crippen LogP contribution < -0.4 is 9.31 Å². The molecule has 5 rings (SSSR count). The van der Waals surface area contributed by atoms with Crippen LogP contribution in [0.15, 0.2) is 24.3 Å². The maximum Gasteiger partial charge on any atom is 0.601 e. The minimum absolute atomic E-state index is 0.0973. The van der Waals surface area contributed by atoms with E-state index in [-0.39, 0.29) is 25.1 Å². The molecule has 1 unspecified atom stereocenters. The summed E-state index contributed by atoms with van der Waals surface area (Å²) in [4.78, 5) is 0. The van der Waals surface area contributed by atoms with Crippen molar-refractivity contribution in [2.75, 3.05) is 7.11 Å². The fraction of sp³-hybridized carbons (Fsp3) is 0.625. The minimum Gasteiger partial charge on any atom is -0.523 e. The van der Waals surface area contributed by atoms with E-state index >= 15 is 0 Å². The summed E-state index contributed by atoms with van der Waals surface area (Å²) in [5.41, 5.74) is -0.453. The SMILES string of the molecule is CO[C@@H]1O[C@@]2(C[C@@H]2B2Oc3ccccc3O2)C2OC(C)(C)O[C@@H]21. The fourth-order valence-corrected chi connectivity index (χ4v) is 4.06. The van der Waals surface area contributed by atoms with E-state index in [0.717, 1.165) is 17.9 Å². The summed E-state index contributed by atoms with van der Waals surface area (Å²) < 4.78 is 35.6. The molecule has 0 aromatic heterocycles. The van der Waals surface area contributed by atoms with Crippen LogP contribution in [0.4, 0.5) is 0 Å². The Bertz CT molecular complexity index is 626. The van der Waals surface area contributed by atoms with Crippen LogP contribution in [-0.2, 0) is 18.9 Å². The Morgan fingerprint density at radius 2 is 1.78 bits per heavy atom. The number of rotatable bonds is 2. The Morgan fingerprint density at radius 1 is 1.09 bits per heavy atom. The first-order valence-corrected chi connectivity index (χ1v) is 8.01. The van der Waals surface area contributed by atoms with Crippen molar-refractivity contribution in [3.63, 3.8) is 0 Å². The van der Waals surface area contributed by atoms with E-state index in [9.17, 15) is 0 Å². The van der Waals surface area contributed by atoms with Crippen molar-refractivity contribution in [1.82, 2.24) is 0 Å². The predicted molar refractivity (Wildman–Crippen MR) is 80.3 cm³/mol. The van der Waals surface area contributed by atoms with Gasteiger partial charge < -0.3 is 28.3 Å². The predicted octanol–water partition coefficient (Wildman–Crippen LogP) is 1.98. The van der Waals surface area contributed by atoms with Crippen LogP contribution in [0.1, 0.15) is 20.3 Å². The van der Waals surface area contributed by atoms with Crippen LogP contribution in [0.25, 0.3) is 0 Å². The lowest BCUT2D eigenvalue weighted by Gasteiger charge is -2.24. The first-order valence-electron chi connectivity index (χ1n) is 8.01. The maximum absolute atomic E-state index is 6.16. The molecule has 2 saturated heterocycles. The normalized spacial score (nSPS) is 42.3. The molecule has 3 fully saturated rings. The van der Waals surface area contributed by atoms with Gasteiger partial charge in [-0.25, -0.2) is 0 Å². The van der Waals surface area contributed by atoms with Gasteiger partial charge in [-0.3, -0.25) is 0 Å². The van der Waals surface area contributed by atoms with E-state index in [4.69, 9.17) is 28.3 Å². The molecule has 1 aliphatic carbocycles. The second kappa shape index (κ2) is 4.42. The molecule has 0 radical (unpaired) electrons. The molecule has 5 atom stereocenters.